The number of rotatable bonds is 3. The molecule has 8 heteroatoms. The normalized spacial score (nSPS) is 10.0. The van der Waals surface area contributed by atoms with E-state index >= 15 is 0 Å². The minimum atomic E-state index is -0.687. The zero-order valence-electron chi connectivity index (χ0n) is 9.81. The molecular weight excluding hydrogens is 255 g/mol. The maximum Gasteiger partial charge on any atom is 0.339 e. The summed E-state index contributed by atoms with van der Waals surface area (Å²) in [5.41, 5.74) is 0.0324. The van der Waals surface area contributed by atoms with Crippen LogP contribution in [-0.4, -0.2) is 34.2 Å². The van der Waals surface area contributed by atoms with Gasteiger partial charge in [0.25, 0.3) is 5.91 Å². The molecule has 98 valence electrons. The second kappa shape index (κ2) is 5.25. The van der Waals surface area contributed by atoms with Gasteiger partial charge in [0.1, 0.15) is 12.1 Å². The third-order valence-corrected chi connectivity index (χ3v) is 2.27. The third kappa shape index (κ3) is 2.73. The lowest BCUT2D eigenvalue weighted by Crippen LogP contribution is -2.17. The Morgan fingerprint density at radius 3 is 2.84 bits per heavy atom. The smallest absolute Gasteiger partial charge is 0.339 e. The van der Waals surface area contributed by atoms with Crippen molar-refractivity contribution in [2.75, 3.05) is 12.4 Å². The summed E-state index contributed by atoms with van der Waals surface area (Å²) in [5.74, 6) is -1.98. The summed E-state index contributed by atoms with van der Waals surface area (Å²) in [6.45, 7) is 0. The van der Waals surface area contributed by atoms with Gasteiger partial charge in [0.05, 0.1) is 18.4 Å². The first-order valence-corrected chi connectivity index (χ1v) is 5.16. The first-order valence-electron chi connectivity index (χ1n) is 5.16. The lowest BCUT2D eigenvalue weighted by atomic mass is 10.1. The Morgan fingerprint density at radius 2 is 2.21 bits per heavy atom. The van der Waals surface area contributed by atoms with Crippen molar-refractivity contribution in [1.82, 2.24) is 15.2 Å². The van der Waals surface area contributed by atoms with Gasteiger partial charge in [-0.3, -0.25) is 9.89 Å². The maximum absolute atomic E-state index is 13.2. The van der Waals surface area contributed by atoms with Crippen LogP contribution in [0.5, 0.6) is 0 Å². The van der Waals surface area contributed by atoms with Crippen LogP contribution in [-0.2, 0) is 4.74 Å². The number of hydrogen-bond acceptors (Lipinski definition) is 5. The van der Waals surface area contributed by atoms with Gasteiger partial charge in [-0.15, -0.1) is 0 Å². The van der Waals surface area contributed by atoms with Crippen molar-refractivity contribution >= 4 is 17.6 Å². The lowest BCUT2D eigenvalue weighted by molar-refractivity contribution is 0.0602. The number of ether oxygens (including phenoxy) is 1. The number of carbonyl (C=O) groups excluding carboxylic acids is 2. The Labute approximate surface area is 106 Å². The molecule has 2 aromatic rings. The predicted molar refractivity (Wildman–Crippen MR) is 62.1 cm³/mol. The molecule has 0 saturated heterocycles. The molecule has 19 heavy (non-hydrogen) atoms. The number of aromatic amines is 1. The second-order valence-corrected chi connectivity index (χ2v) is 3.47. The standard InChI is InChI=1S/C11H9FN4O3/c1-19-11(18)7-3-2-6(12)4-8(7)15-10(17)9-13-5-14-16-9/h2-5H,1H3,(H,15,17)(H,13,14,16). The van der Waals surface area contributed by atoms with E-state index in [4.69, 9.17) is 0 Å². The molecule has 0 saturated carbocycles. The van der Waals surface area contributed by atoms with Gasteiger partial charge in [-0.25, -0.2) is 14.2 Å². The van der Waals surface area contributed by atoms with Gasteiger partial charge in [-0.1, -0.05) is 0 Å². The third-order valence-electron chi connectivity index (χ3n) is 2.27. The summed E-state index contributed by atoms with van der Waals surface area (Å²) in [7, 11) is 1.19. The number of nitrogens with one attached hydrogen (secondary N) is 2. The van der Waals surface area contributed by atoms with Gasteiger partial charge < -0.3 is 10.1 Å². The fourth-order valence-electron chi connectivity index (χ4n) is 1.40. The van der Waals surface area contributed by atoms with E-state index in [1.54, 1.807) is 0 Å². The molecule has 0 radical (unpaired) electrons. The highest BCUT2D eigenvalue weighted by atomic mass is 19.1. The SMILES string of the molecule is COC(=O)c1ccc(F)cc1NC(=O)c1ncn[nH]1. The summed E-state index contributed by atoms with van der Waals surface area (Å²) in [5, 5.41) is 8.22. The Hall–Kier alpha value is -2.77. The molecule has 0 fully saturated rings. The van der Waals surface area contributed by atoms with E-state index in [0.717, 1.165) is 18.5 Å². The molecule has 1 heterocycles. The second-order valence-electron chi connectivity index (χ2n) is 3.47. The highest BCUT2D eigenvalue weighted by molar-refractivity contribution is 6.06. The molecule has 1 aromatic carbocycles. The average Bonchev–Trinajstić information content (AvgIpc) is 2.92. The molecule has 0 aliphatic carbocycles. The summed E-state index contributed by atoms with van der Waals surface area (Å²) < 4.78 is 17.7. The number of H-pyrrole nitrogens is 1. The number of benzene rings is 1. The molecule has 2 N–H and O–H groups in total. The van der Waals surface area contributed by atoms with Crippen molar-refractivity contribution < 1.29 is 18.7 Å². The lowest BCUT2D eigenvalue weighted by Gasteiger charge is -2.08. The number of methoxy groups -OCH3 is 1. The molecule has 0 aliphatic heterocycles. The number of hydrogen-bond donors (Lipinski definition) is 2. The molecule has 0 unspecified atom stereocenters. The first kappa shape index (κ1) is 12.7. The van der Waals surface area contributed by atoms with Crippen LogP contribution in [0.2, 0.25) is 0 Å². The quantitative estimate of drug-likeness (QED) is 0.805. The van der Waals surface area contributed by atoms with E-state index in [-0.39, 0.29) is 17.1 Å². The number of anilines is 1. The van der Waals surface area contributed by atoms with Gasteiger partial charge in [-0.2, -0.15) is 5.10 Å². The van der Waals surface area contributed by atoms with Gasteiger partial charge in [-0.05, 0) is 18.2 Å². The van der Waals surface area contributed by atoms with Crippen LogP contribution >= 0.6 is 0 Å². The Bertz CT molecular complexity index is 612. The minimum absolute atomic E-state index is 0.00625. The van der Waals surface area contributed by atoms with Crippen molar-refractivity contribution in [3.63, 3.8) is 0 Å². The molecule has 1 aromatic heterocycles. The zero-order chi connectivity index (χ0) is 13.8. The van der Waals surface area contributed by atoms with E-state index in [9.17, 15) is 14.0 Å². The van der Waals surface area contributed by atoms with Crippen molar-refractivity contribution in [2.24, 2.45) is 0 Å². The Balaban J connectivity index is 2.31. The largest absolute Gasteiger partial charge is 0.465 e. The molecule has 7 nitrogen and oxygen atoms in total. The molecule has 2 rings (SSSR count). The number of halogens is 1. The zero-order valence-corrected chi connectivity index (χ0v) is 9.81. The summed E-state index contributed by atoms with van der Waals surface area (Å²) in [4.78, 5) is 26.9. The molecule has 0 aliphatic rings. The summed E-state index contributed by atoms with van der Waals surface area (Å²) in [6.07, 6.45) is 1.15. The monoisotopic (exact) mass is 264 g/mol. The maximum atomic E-state index is 13.2. The minimum Gasteiger partial charge on any atom is -0.465 e. The van der Waals surface area contributed by atoms with Crippen LogP contribution < -0.4 is 5.32 Å². The van der Waals surface area contributed by atoms with Gasteiger partial charge in [0.15, 0.2) is 0 Å². The highest BCUT2D eigenvalue weighted by Gasteiger charge is 2.16. The van der Waals surface area contributed by atoms with Crippen molar-refractivity contribution in [3.8, 4) is 0 Å². The van der Waals surface area contributed by atoms with Gasteiger partial charge >= 0.3 is 5.97 Å². The molecule has 0 bridgehead atoms. The highest BCUT2D eigenvalue weighted by Crippen LogP contribution is 2.18. The van der Waals surface area contributed by atoms with Crippen LogP contribution in [0.25, 0.3) is 0 Å². The van der Waals surface area contributed by atoms with E-state index in [0.29, 0.717) is 0 Å². The predicted octanol–water partition coefficient (Wildman–Crippen LogP) is 0.983. The van der Waals surface area contributed by atoms with Crippen LogP contribution in [0.4, 0.5) is 10.1 Å². The van der Waals surface area contributed by atoms with E-state index < -0.39 is 17.7 Å². The molecule has 1 amide bonds. The van der Waals surface area contributed by atoms with Crippen LogP contribution in [0, 0.1) is 5.82 Å². The van der Waals surface area contributed by atoms with Crippen LogP contribution in [0.1, 0.15) is 21.0 Å². The topological polar surface area (TPSA) is 97.0 Å². The summed E-state index contributed by atoms with van der Waals surface area (Å²) >= 11 is 0. The Kier molecular flexibility index (Phi) is 3.51. The number of esters is 1. The number of amides is 1. The first-order chi connectivity index (χ1) is 9.11. The number of aromatic nitrogens is 3. The average molecular weight is 264 g/mol. The van der Waals surface area contributed by atoms with Crippen molar-refractivity contribution in [1.29, 1.82) is 0 Å². The van der Waals surface area contributed by atoms with E-state index in [1.807, 2.05) is 0 Å². The molecule has 0 spiro atoms. The fourth-order valence-corrected chi connectivity index (χ4v) is 1.40. The van der Waals surface area contributed by atoms with E-state index in [2.05, 4.69) is 25.2 Å². The van der Waals surface area contributed by atoms with E-state index in [1.165, 1.54) is 13.2 Å². The molecule has 0 atom stereocenters. The van der Waals surface area contributed by atoms with Crippen molar-refractivity contribution in [2.45, 2.75) is 0 Å². The van der Waals surface area contributed by atoms with Crippen molar-refractivity contribution in [3.05, 3.63) is 41.7 Å². The van der Waals surface area contributed by atoms with Gasteiger partial charge in [0, 0.05) is 0 Å². The van der Waals surface area contributed by atoms with Gasteiger partial charge in [0.2, 0.25) is 5.82 Å². The number of nitrogens with zero attached hydrogens (tertiary/aromatic N) is 2. The molecular formula is C11H9FN4O3. The number of carbonyl (C=O) groups is 2. The Morgan fingerprint density at radius 1 is 1.42 bits per heavy atom. The fraction of sp³-hybridized carbons (Fsp3) is 0.0909. The summed E-state index contributed by atoms with van der Waals surface area (Å²) in [6, 6.07) is 3.33. The van der Waals surface area contributed by atoms with Crippen LogP contribution in [0.15, 0.2) is 24.5 Å². The van der Waals surface area contributed by atoms with Crippen LogP contribution in [0.3, 0.4) is 0 Å².